The molecule has 4 heteroatoms. The molecule has 0 aromatic heterocycles. The fraction of sp³-hybridized carbons (Fsp3) is 0.933. The maximum absolute atomic E-state index is 9.38. The third-order valence-electron chi connectivity index (χ3n) is 2.69. The molecule has 0 unspecified atom stereocenters. The predicted octanol–water partition coefficient (Wildman–Crippen LogP) is 4.57. The third kappa shape index (κ3) is 26.7. The number of carbonyl (C=O) groups is 1. The van der Waals surface area contributed by atoms with Gasteiger partial charge in [-0.05, 0) is 27.2 Å². The van der Waals surface area contributed by atoms with Crippen molar-refractivity contribution in [3.05, 3.63) is 0 Å². The van der Waals surface area contributed by atoms with E-state index in [2.05, 4.69) is 25.5 Å². The van der Waals surface area contributed by atoms with Crippen LogP contribution in [0.2, 0.25) is 0 Å². The van der Waals surface area contributed by atoms with Gasteiger partial charge in [-0.1, -0.05) is 51.9 Å². The normalized spacial score (nSPS) is 10.6. The fourth-order valence-electron chi connectivity index (χ4n) is 1.66. The fourth-order valence-corrected chi connectivity index (χ4v) is 1.66. The maximum Gasteiger partial charge on any atom is 0.505 e. The topological polar surface area (TPSA) is 72.5 Å². The van der Waals surface area contributed by atoms with E-state index < -0.39 is 6.16 Å². The standard InChI is InChI=1S/C12H27N.C3H6O3/c1-4-5-6-7-8-9-10-11-12(2,3)13;1-2-6-3(4)5/h4-11,13H2,1-3H3;2H2,1H3,(H,4,5). The molecule has 0 aromatic rings. The van der Waals surface area contributed by atoms with Gasteiger partial charge in [-0.15, -0.1) is 0 Å². The number of ether oxygens (including phenoxy) is 1. The highest BCUT2D eigenvalue weighted by molar-refractivity contribution is 5.56. The average Bonchev–Trinajstić information content (AvgIpc) is 2.27. The van der Waals surface area contributed by atoms with Gasteiger partial charge >= 0.3 is 6.16 Å². The number of carboxylic acid groups (broad SMARTS) is 1. The lowest BCUT2D eigenvalue weighted by atomic mass is 9.97. The van der Waals surface area contributed by atoms with Gasteiger partial charge in [0.1, 0.15) is 0 Å². The van der Waals surface area contributed by atoms with E-state index in [1.807, 2.05) is 0 Å². The molecule has 3 N–H and O–H groups in total. The summed E-state index contributed by atoms with van der Waals surface area (Å²) in [6.07, 6.45) is 9.61. The van der Waals surface area contributed by atoms with Crippen molar-refractivity contribution in [2.45, 2.75) is 84.6 Å². The number of hydrogen-bond acceptors (Lipinski definition) is 3. The molecule has 0 atom stereocenters. The molecule has 0 bridgehead atoms. The van der Waals surface area contributed by atoms with Gasteiger partial charge in [-0.2, -0.15) is 0 Å². The van der Waals surface area contributed by atoms with E-state index in [0.29, 0.717) is 0 Å². The maximum atomic E-state index is 9.38. The van der Waals surface area contributed by atoms with Crippen molar-refractivity contribution in [2.24, 2.45) is 5.73 Å². The summed E-state index contributed by atoms with van der Waals surface area (Å²) in [5.74, 6) is 0. The van der Waals surface area contributed by atoms with Crippen LogP contribution in [0.3, 0.4) is 0 Å². The van der Waals surface area contributed by atoms with Gasteiger partial charge in [-0.3, -0.25) is 0 Å². The van der Waals surface area contributed by atoms with Crippen LogP contribution < -0.4 is 5.73 Å². The van der Waals surface area contributed by atoms with E-state index in [1.54, 1.807) is 6.92 Å². The lowest BCUT2D eigenvalue weighted by Crippen LogP contribution is -2.31. The lowest BCUT2D eigenvalue weighted by molar-refractivity contribution is 0.0966. The summed E-state index contributed by atoms with van der Waals surface area (Å²) < 4.78 is 3.96. The molecule has 0 radical (unpaired) electrons. The highest BCUT2D eigenvalue weighted by atomic mass is 16.7. The number of hydrogen-bond donors (Lipinski definition) is 2. The monoisotopic (exact) mass is 275 g/mol. The first kappa shape index (κ1) is 20.5. The predicted molar refractivity (Wildman–Crippen MR) is 80.5 cm³/mol. The molecule has 116 valence electrons. The summed E-state index contributed by atoms with van der Waals surface area (Å²) in [7, 11) is 0. The summed E-state index contributed by atoms with van der Waals surface area (Å²) in [6.45, 7) is 8.34. The summed E-state index contributed by atoms with van der Waals surface area (Å²) in [6, 6.07) is 0. The van der Waals surface area contributed by atoms with Crippen LogP contribution in [-0.2, 0) is 4.74 Å². The first-order valence-electron chi connectivity index (χ1n) is 7.48. The molecule has 4 nitrogen and oxygen atoms in total. The molecular formula is C15H33NO3. The Hall–Kier alpha value is -0.770. The summed E-state index contributed by atoms with van der Waals surface area (Å²) in [5.41, 5.74) is 5.94. The number of unbranched alkanes of at least 4 members (excludes halogenated alkanes) is 6. The summed E-state index contributed by atoms with van der Waals surface area (Å²) in [5, 5.41) is 7.69. The van der Waals surface area contributed by atoms with E-state index in [1.165, 1.54) is 51.4 Å². The van der Waals surface area contributed by atoms with Crippen LogP contribution in [0.4, 0.5) is 4.79 Å². The van der Waals surface area contributed by atoms with Crippen molar-refractivity contribution in [3.8, 4) is 0 Å². The number of nitrogens with two attached hydrogens (primary N) is 1. The Morgan fingerprint density at radius 1 is 1.05 bits per heavy atom. The van der Waals surface area contributed by atoms with Gasteiger partial charge in [0.25, 0.3) is 0 Å². The molecule has 0 fully saturated rings. The van der Waals surface area contributed by atoms with Crippen molar-refractivity contribution in [1.82, 2.24) is 0 Å². The Morgan fingerprint density at radius 3 is 1.84 bits per heavy atom. The van der Waals surface area contributed by atoms with Crippen molar-refractivity contribution in [2.75, 3.05) is 6.61 Å². The molecule has 19 heavy (non-hydrogen) atoms. The lowest BCUT2D eigenvalue weighted by Gasteiger charge is -2.17. The van der Waals surface area contributed by atoms with Gasteiger partial charge in [-0.25, -0.2) is 4.79 Å². The number of rotatable bonds is 9. The Labute approximate surface area is 118 Å². The van der Waals surface area contributed by atoms with Crippen LogP contribution in [0.5, 0.6) is 0 Å². The zero-order valence-corrected chi connectivity index (χ0v) is 13.2. The van der Waals surface area contributed by atoms with Crippen molar-refractivity contribution < 1.29 is 14.6 Å². The highest BCUT2D eigenvalue weighted by Gasteiger charge is 2.08. The minimum atomic E-state index is -1.21. The second-order valence-corrected chi connectivity index (χ2v) is 5.56. The van der Waals surface area contributed by atoms with Crippen LogP contribution in [0, 0.1) is 0 Å². The second kappa shape index (κ2) is 13.7. The average molecular weight is 275 g/mol. The Morgan fingerprint density at radius 2 is 1.53 bits per heavy atom. The third-order valence-corrected chi connectivity index (χ3v) is 2.69. The minimum Gasteiger partial charge on any atom is -0.450 e. The van der Waals surface area contributed by atoms with Crippen molar-refractivity contribution in [1.29, 1.82) is 0 Å². The van der Waals surface area contributed by atoms with Gasteiger partial charge in [0.05, 0.1) is 6.61 Å². The largest absolute Gasteiger partial charge is 0.505 e. The van der Waals surface area contributed by atoms with Gasteiger partial charge in [0.15, 0.2) is 0 Å². The molecule has 0 aliphatic heterocycles. The quantitative estimate of drug-likeness (QED) is 0.477. The SMILES string of the molecule is CCCCCCCCCC(C)(C)N.CCOC(=O)O. The minimum absolute atomic E-state index is 0.0451. The van der Waals surface area contributed by atoms with Crippen molar-refractivity contribution >= 4 is 6.16 Å². The van der Waals surface area contributed by atoms with E-state index in [0.717, 1.165) is 0 Å². The van der Waals surface area contributed by atoms with E-state index in [-0.39, 0.29) is 12.1 Å². The molecular weight excluding hydrogens is 242 g/mol. The molecule has 0 aromatic carbocycles. The summed E-state index contributed by atoms with van der Waals surface area (Å²) in [4.78, 5) is 9.38. The van der Waals surface area contributed by atoms with Crippen LogP contribution >= 0.6 is 0 Å². The van der Waals surface area contributed by atoms with E-state index in [4.69, 9.17) is 10.8 Å². The summed E-state index contributed by atoms with van der Waals surface area (Å²) >= 11 is 0. The second-order valence-electron chi connectivity index (χ2n) is 5.56. The first-order chi connectivity index (χ1) is 8.83. The van der Waals surface area contributed by atoms with E-state index >= 15 is 0 Å². The van der Waals surface area contributed by atoms with Crippen LogP contribution in [0.15, 0.2) is 0 Å². The smallest absolute Gasteiger partial charge is 0.450 e. The first-order valence-corrected chi connectivity index (χ1v) is 7.48. The molecule has 0 saturated heterocycles. The van der Waals surface area contributed by atoms with Gasteiger partial charge < -0.3 is 15.6 Å². The molecule has 0 aliphatic carbocycles. The Balaban J connectivity index is 0. The molecule has 0 aliphatic rings. The molecule has 0 amide bonds. The van der Waals surface area contributed by atoms with Crippen LogP contribution in [-0.4, -0.2) is 23.4 Å². The zero-order valence-electron chi connectivity index (χ0n) is 13.2. The highest BCUT2D eigenvalue weighted by Crippen LogP contribution is 2.13. The Kier molecular flexibility index (Phi) is 14.8. The van der Waals surface area contributed by atoms with Gasteiger partial charge in [0.2, 0.25) is 0 Å². The van der Waals surface area contributed by atoms with Crippen LogP contribution in [0.25, 0.3) is 0 Å². The van der Waals surface area contributed by atoms with Gasteiger partial charge in [0, 0.05) is 5.54 Å². The molecule has 0 spiro atoms. The van der Waals surface area contributed by atoms with Crippen LogP contribution in [0.1, 0.15) is 79.1 Å². The van der Waals surface area contributed by atoms with E-state index in [9.17, 15) is 4.79 Å². The zero-order chi connectivity index (χ0) is 15.1. The molecule has 0 saturated carbocycles. The van der Waals surface area contributed by atoms with Crippen molar-refractivity contribution in [3.63, 3.8) is 0 Å². The Bertz CT molecular complexity index is 200. The molecule has 0 rings (SSSR count). The molecule has 0 heterocycles.